The first-order valence-electron chi connectivity index (χ1n) is 8.29. The largest absolute Gasteiger partial charge is 0.378 e. The third kappa shape index (κ3) is 3.10. The van der Waals surface area contributed by atoms with Crippen molar-refractivity contribution < 1.29 is 4.79 Å². The summed E-state index contributed by atoms with van der Waals surface area (Å²) in [5.74, 6) is 0.813. The fraction of sp³-hybridized carbons (Fsp3) is 0.211. The lowest BCUT2D eigenvalue weighted by Gasteiger charge is -2.25. The van der Waals surface area contributed by atoms with E-state index in [9.17, 15) is 4.79 Å². The van der Waals surface area contributed by atoms with Crippen LogP contribution in [-0.4, -0.2) is 39.2 Å². The van der Waals surface area contributed by atoms with E-state index in [1.165, 1.54) is 0 Å². The van der Waals surface area contributed by atoms with Gasteiger partial charge in [-0.25, -0.2) is 9.67 Å². The van der Waals surface area contributed by atoms with Gasteiger partial charge in [0.2, 0.25) is 0 Å². The molecule has 126 valence electrons. The molecule has 2 aromatic carbocycles. The lowest BCUT2D eigenvalue weighted by Crippen LogP contribution is -2.34. The number of fused-ring (bicyclic) bond motifs is 1. The highest BCUT2D eigenvalue weighted by atomic mass is 16.2. The number of amides is 1. The lowest BCUT2D eigenvalue weighted by atomic mass is 9.99. The van der Waals surface area contributed by atoms with Crippen molar-refractivity contribution in [2.45, 2.75) is 13.0 Å². The minimum absolute atomic E-state index is 0.0936. The average molecular weight is 333 g/mol. The zero-order valence-electron chi connectivity index (χ0n) is 14.0. The van der Waals surface area contributed by atoms with E-state index >= 15 is 0 Å². The number of para-hydroxylation sites is 1. The topological polar surface area (TPSA) is 63.1 Å². The van der Waals surface area contributed by atoms with Gasteiger partial charge in [0.1, 0.15) is 6.33 Å². The van der Waals surface area contributed by atoms with Crippen LogP contribution >= 0.6 is 0 Å². The molecule has 0 saturated heterocycles. The van der Waals surface area contributed by atoms with Gasteiger partial charge in [0.25, 0.3) is 5.91 Å². The molecule has 2 heterocycles. The maximum atomic E-state index is 12.1. The van der Waals surface area contributed by atoms with Gasteiger partial charge in [-0.1, -0.05) is 18.2 Å². The van der Waals surface area contributed by atoms with Crippen molar-refractivity contribution in [1.29, 1.82) is 0 Å². The molecule has 0 radical (unpaired) electrons. The number of nitrogens with zero attached hydrogens (tertiary/aromatic N) is 4. The van der Waals surface area contributed by atoms with E-state index in [1.807, 2.05) is 49.5 Å². The number of hydrogen-bond acceptors (Lipinski definition) is 4. The fourth-order valence-electron chi connectivity index (χ4n) is 2.98. The molecule has 0 spiro atoms. The van der Waals surface area contributed by atoms with Crippen molar-refractivity contribution in [3.05, 3.63) is 71.8 Å². The molecule has 6 heteroatoms. The Balaban J connectivity index is 1.46. The summed E-state index contributed by atoms with van der Waals surface area (Å²) in [6.45, 7) is 1.30. The molecule has 1 aromatic heterocycles. The Hall–Kier alpha value is -3.15. The highest BCUT2D eigenvalue weighted by molar-refractivity contribution is 5.97. The molecule has 1 aliphatic heterocycles. The number of nitrogens with one attached hydrogen (secondary N) is 1. The highest BCUT2D eigenvalue weighted by Gasteiger charge is 2.21. The van der Waals surface area contributed by atoms with Crippen LogP contribution in [0.2, 0.25) is 0 Å². The van der Waals surface area contributed by atoms with Crippen molar-refractivity contribution in [3.8, 4) is 5.69 Å². The first kappa shape index (κ1) is 15.4. The first-order valence-corrected chi connectivity index (χ1v) is 8.29. The molecule has 25 heavy (non-hydrogen) atoms. The monoisotopic (exact) mass is 333 g/mol. The van der Waals surface area contributed by atoms with Crippen molar-refractivity contribution in [3.63, 3.8) is 0 Å². The Kier molecular flexibility index (Phi) is 3.93. The van der Waals surface area contributed by atoms with Gasteiger partial charge >= 0.3 is 0 Å². The van der Waals surface area contributed by atoms with Crippen LogP contribution in [0.15, 0.2) is 54.9 Å². The molecule has 0 saturated carbocycles. The lowest BCUT2D eigenvalue weighted by molar-refractivity contribution is 0.0781. The summed E-state index contributed by atoms with van der Waals surface area (Å²) in [7, 11) is 1.84. The summed E-state index contributed by atoms with van der Waals surface area (Å²) < 4.78 is 1.76. The predicted molar refractivity (Wildman–Crippen MR) is 95.8 cm³/mol. The molecule has 1 aliphatic rings. The molecule has 6 nitrogen and oxygen atoms in total. The van der Waals surface area contributed by atoms with Gasteiger partial charge in [0.15, 0.2) is 5.82 Å². The van der Waals surface area contributed by atoms with Crippen LogP contribution in [0.5, 0.6) is 0 Å². The molecule has 3 aromatic rings. The van der Waals surface area contributed by atoms with Gasteiger partial charge in [-0.05, 0) is 42.3 Å². The number of anilines is 1. The molecular formula is C19H19N5O. The standard InChI is InChI=1S/C19H19N5O/c1-23-10-9-14-11-15(7-8-17(14)19(23)25)20-12-18-21-13-24(22-18)16-5-3-2-4-6-16/h2-8,11,13,20H,9-10,12H2,1H3. The van der Waals surface area contributed by atoms with E-state index in [-0.39, 0.29) is 5.91 Å². The Bertz CT molecular complexity index is 903. The van der Waals surface area contributed by atoms with E-state index in [4.69, 9.17) is 0 Å². The average Bonchev–Trinajstić information content (AvgIpc) is 3.13. The summed E-state index contributed by atoms with van der Waals surface area (Å²) in [5, 5.41) is 7.83. The quantitative estimate of drug-likeness (QED) is 0.797. The van der Waals surface area contributed by atoms with Crippen LogP contribution in [0, 0.1) is 0 Å². The molecular weight excluding hydrogens is 314 g/mol. The third-order valence-electron chi connectivity index (χ3n) is 4.41. The second-order valence-corrected chi connectivity index (χ2v) is 6.14. The van der Waals surface area contributed by atoms with Gasteiger partial charge in [0, 0.05) is 24.8 Å². The smallest absolute Gasteiger partial charge is 0.253 e. The van der Waals surface area contributed by atoms with Crippen LogP contribution in [0.4, 0.5) is 5.69 Å². The van der Waals surface area contributed by atoms with Crippen LogP contribution in [0.3, 0.4) is 0 Å². The molecule has 0 bridgehead atoms. The maximum Gasteiger partial charge on any atom is 0.253 e. The number of carbonyl (C=O) groups excluding carboxylic acids is 1. The summed E-state index contributed by atoms with van der Waals surface area (Å²) in [6.07, 6.45) is 2.60. The third-order valence-corrected chi connectivity index (χ3v) is 4.41. The number of hydrogen-bond donors (Lipinski definition) is 1. The summed E-state index contributed by atoms with van der Waals surface area (Å²) in [5.41, 5.74) is 3.85. The highest BCUT2D eigenvalue weighted by Crippen LogP contribution is 2.22. The number of aromatic nitrogens is 3. The second-order valence-electron chi connectivity index (χ2n) is 6.14. The minimum atomic E-state index is 0.0936. The Morgan fingerprint density at radius 3 is 2.84 bits per heavy atom. The van der Waals surface area contributed by atoms with E-state index in [1.54, 1.807) is 15.9 Å². The van der Waals surface area contributed by atoms with Gasteiger partial charge in [-0.3, -0.25) is 4.79 Å². The van der Waals surface area contributed by atoms with Gasteiger partial charge in [-0.2, -0.15) is 0 Å². The molecule has 1 amide bonds. The number of rotatable bonds is 4. The number of likely N-dealkylation sites (N-methyl/N-ethyl adjacent to an activating group) is 1. The maximum absolute atomic E-state index is 12.1. The van der Waals surface area contributed by atoms with Gasteiger partial charge in [-0.15, -0.1) is 5.10 Å². The normalized spacial score (nSPS) is 13.6. The zero-order chi connectivity index (χ0) is 17.2. The molecule has 0 unspecified atom stereocenters. The summed E-state index contributed by atoms with van der Waals surface area (Å²) >= 11 is 0. The second kappa shape index (κ2) is 6.39. The Morgan fingerprint density at radius 2 is 2.00 bits per heavy atom. The van der Waals surface area contributed by atoms with E-state index in [0.717, 1.165) is 41.3 Å². The zero-order valence-corrected chi connectivity index (χ0v) is 14.0. The van der Waals surface area contributed by atoms with Crippen LogP contribution in [-0.2, 0) is 13.0 Å². The Morgan fingerprint density at radius 1 is 1.16 bits per heavy atom. The van der Waals surface area contributed by atoms with Gasteiger partial charge < -0.3 is 10.2 Å². The molecule has 0 aliphatic carbocycles. The van der Waals surface area contributed by atoms with Gasteiger partial charge in [0.05, 0.1) is 12.2 Å². The van der Waals surface area contributed by atoms with Crippen molar-refractivity contribution in [2.75, 3.05) is 18.9 Å². The molecule has 4 rings (SSSR count). The minimum Gasteiger partial charge on any atom is -0.378 e. The Labute approximate surface area is 146 Å². The molecule has 1 N–H and O–H groups in total. The first-order chi connectivity index (χ1) is 12.2. The fourth-order valence-corrected chi connectivity index (χ4v) is 2.98. The summed E-state index contributed by atoms with van der Waals surface area (Å²) in [4.78, 5) is 18.2. The number of carbonyl (C=O) groups is 1. The van der Waals surface area contributed by atoms with Crippen molar-refractivity contribution in [2.24, 2.45) is 0 Å². The van der Waals surface area contributed by atoms with E-state index < -0.39 is 0 Å². The van der Waals surface area contributed by atoms with E-state index in [2.05, 4.69) is 21.5 Å². The SMILES string of the molecule is CN1CCc2cc(NCc3ncn(-c4ccccc4)n3)ccc2C1=O. The molecule has 0 atom stereocenters. The predicted octanol–water partition coefficient (Wildman–Crippen LogP) is 2.51. The van der Waals surface area contributed by atoms with Crippen LogP contribution in [0.1, 0.15) is 21.7 Å². The van der Waals surface area contributed by atoms with Crippen molar-refractivity contribution >= 4 is 11.6 Å². The summed E-state index contributed by atoms with van der Waals surface area (Å²) in [6, 6.07) is 15.8. The molecule has 0 fully saturated rings. The van der Waals surface area contributed by atoms with Crippen LogP contribution < -0.4 is 5.32 Å². The number of benzene rings is 2. The van der Waals surface area contributed by atoms with Crippen molar-refractivity contribution in [1.82, 2.24) is 19.7 Å². The van der Waals surface area contributed by atoms with E-state index in [0.29, 0.717) is 6.54 Å². The van der Waals surface area contributed by atoms with Crippen LogP contribution in [0.25, 0.3) is 5.69 Å².